The van der Waals surface area contributed by atoms with Crippen LogP contribution >= 0.6 is 0 Å². The number of hydrogen-bond acceptors (Lipinski definition) is 16. The number of benzene rings is 4. The summed E-state index contributed by atoms with van der Waals surface area (Å²) in [5.41, 5.74) is 2.79. The van der Waals surface area contributed by atoms with E-state index >= 15 is 0 Å². The molecule has 16 nitrogen and oxygen atoms in total. The van der Waals surface area contributed by atoms with Crippen molar-refractivity contribution in [1.29, 1.82) is 0 Å². The quantitative estimate of drug-likeness (QED) is 0.0425. The molecule has 0 spiro atoms. The summed E-state index contributed by atoms with van der Waals surface area (Å²) < 4.78 is 104. The molecule has 4 aromatic rings. The second-order valence-corrected chi connectivity index (χ2v) is 22.4. The minimum Gasteiger partial charge on any atom is -0.379 e. The minimum absolute atomic E-state index is 0.161. The van der Waals surface area contributed by atoms with Crippen molar-refractivity contribution >= 4 is 10.8 Å². The van der Waals surface area contributed by atoms with Gasteiger partial charge in [0.05, 0.1) is 33.0 Å². The number of unbranched alkanes of at least 4 members (excludes halogenated alkanes) is 6. The molecular formula is C67H98O16. The van der Waals surface area contributed by atoms with E-state index in [9.17, 15) is 5.11 Å². The Kier molecular flexibility index (Phi) is 28.4. The molecule has 1 N–H and O–H groups in total. The van der Waals surface area contributed by atoms with E-state index in [1.165, 1.54) is 0 Å². The molecule has 16 atom stereocenters. The number of aliphatic hydroxyl groups is 1. The summed E-state index contributed by atoms with van der Waals surface area (Å²) in [4.78, 5) is 0. The van der Waals surface area contributed by atoms with Gasteiger partial charge in [0.1, 0.15) is 73.2 Å². The van der Waals surface area contributed by atoms with E-state index in [0.29, 0.717) is 39.6 Å². The van der Waals surface area contributed by atoms with Gasteiger partial charge in [-0.05, 0) is 66.5 Å². The average molecular weight is 1160 g/mol. The molecule has 462 valence electrons. The zero-order valence-corrected chi connectivity index (χ0v) is 50.4. The van der Waals surface area contributed by atoms with E-state index in [2.05, 4.69) is 71.9 Å². The molecule has 4 heterocycles. The first-order valence-electron chi connectivity index (χ1n) is 31.5. The van der Waals surface area contributed by atoms with Gasteiger partial charge in [-0.25, -0.2) is 0 Å². The molecule has 0 radical (unpaired) electrons. The normalized spacial score (nSPS) is 30.2. The highest BCUT2D eigenvalue weighted by Gasteiger charge is 2.58. The Morgan fingerprint density at radius 1 is 0.422 bits per heavy atom. The van der Waals surface area contributed by atoms with Gasteiger partial charge < -0.3 is 76.2 Å². The van der Waals surface area contributed by atoms with Gasteiger partial charge >= 0.3 is 0 Å². The van der Waals surface area contributed by atoms with E-state index in [1.54, 1.807) is 0 Å². The smallest absolute Gasteiger partial charge is 0.187 e. The summed E-state index contributed by atoms with van der Waals surface area (Å²) in [7, 11) is 0. The van der Waals surface area contributed by atoms with Crippen LogP contribution in [0.15, 0.2) is 103 Å². The zero-order chi connectivity index (χ0) is 58.0. The van der Waals surface area contributed by atoms with Gasteiger partial charge in [-0.1, -0.05) is 177 Å². The summed E-state index contributed by atoms with van der Waals surface area (Å²) in [6.07, 6.45) is -3.66. The van der Waals surface area contributed by atoms with Crippen molar-refractivity contribution in [3.63, 3.8) is 0 Å². The van der Waals surface area contributed by atoms with Crippen molar-refractivity contribution in [3.05, 3.63) is 120 Å². The zero-order valence-electron chi connectivity index (χ0n) is 50.4. The van der Waals surface area contributed by atoms with Gasteiger partial charge in [0, 0.05) is 45.2 Å². The van der Waals surface area contributed by atoms with Gasteiger partial charge in [0.2, 0.25) is 0 Å². The largest absolute Gasteiger partial charge is 0.379 e. The second kappa shape index (κ2) is 36.0. The Labute approximate surface area is 494 Å². The van der Waals surface area contributed by atoms with Crippen LogP contribution < -0.4 is 0 Å². The van der Waals surface area contributed by atoms with Gasteiger partial charge in [-0.15, -0.1) is 0 Å². The lowest BCUT2D eigenvalue weighted by atomic mass is 9.95. The molecule has 4 fully saturated rings. The van der Waals surface area contributed by atoms with Gasteiger partial charge in [-0.2, -0.15) is 0 Å². The van der Waals surface area contributed by atoms with E-state index in [1.807, 2.05) is 72.8 Å². The fourth-order valence-electron chi connectivity index (χ4n) is 11.0. The Morgan fingerprint density at radius 3 is 1.53 bits per heavy atom. The Morgan fingerprint density at radius 2 is 0.916 bits per heavy atom. The lowest BCUT2D eigenvalue weighted by Gasteiger charge is -2.52. The summed E-state index contributed by atoms with van der Waals surface area (Å²) >= 11 is 0. The summed E-state index contributed by atoms with van der Waals surface area (Å²) in [5.74, 6) is 0. The maximum Gasteiger partial charge on any atom is 0.187 e. The first kappa shape index (κ1) is 65.5. The van der Waals surface area contributed by atoms with Gasteiger partial charge in [-0.3, -0.25) is 0 Å². The number of aliphatic hydroxyl groups excluding tert-OH is 1. The van der Waals surface area contributed by atoms with E-state index < -0.39 is 98.4 Å². The molecule has 4 aliphatic heterocycles. The highest BCUT2D eigenvalue weighted by atomic mass is 16.8. The van der Waals surface area contributed by atoms with Crippen LogP contribution in [0.2, 0.25) is 0 Å². The molecule has 4 saturated heterocycles. The first-order chi connectivity index (χ1) is 40.9. The van der Waals surface area contributed by atoms with Crippen LogP contribution in [0.3, 0.4) is 0 Å². The monoisotopic (exact) mass is 1160 g/mol. The summed E-state index contributed by atoms with van der Waals surface area (Å²) in [6, 6.07) is 34.6. The van der Waals surface area contributed by atoms with E-state index in [0.717, 1.165) is 105 Å². The molecular weight excluding hydrogens is 1060 g/mol. The maximum atomic E-state index is 12.4. The topological polar surface area (TPSA) is 159 Å². The lowest BCUT2D eigenvalue weighted by molar-refractivity contribution is -0.413. The van der Waals surface area contributed by atoms with Crippen LogP contribution in [0.5, 0.6) is 0 Å². The van der Waals surface area contributed by atoms with Crippen molar-refractivity contribution in [2.24, 2.45) is 0 Å². The maximum absolute atomic E-state index is 12.4. The third-order valence-corrected chi connectivity index (χ3v) is 15.8. The Hall–Kier alpha value is -3.50. The lowest BCUT2D eigenvalue weighted by Crippen LogP contribution is -2.68. The third kappa shape index (κ3) is 19.0. The van der Waals surface area contributed by atoms with Crippen LogP contribution in [-0.4, -0.2) is 157 Å². The van der Waals surface area contributed by atoms with Gasteiger partial charge in [0.25, 0.3) is 0 Å². The molecule has 4 aromatic carbocycles. The molecule has 8 unspecified atom stereocenters. The Bertz CT molecular complexity index is 2350. The van der Waals surface area contributed by atoms with Crippen LogP contribution in [0.4, 0.5) is 0 Å². The number of rotatable bonds is 37. The average Bonchev–Trinajstić information content (AvgIpc) is 3.68. The first-order valence-corrected chi connectivity index (χ1v) is 31.5. The number of ether oxygens (including phenoxy) is 15. The second-order valence-electron chi connectivity index (χ2n) is 22.4. The van der Waals surface area contributed by atoms with Crippen molar-refractivity contribution in [2.75, 3.05) is 59.5 Å². The third-order valence-electron chi connectivity index (χ3n) is 15.8. The number of hydrogen-bond donors (Lipinski definition) is 1. The molecule has 8 rings (SSSR count). The van der Waals surface area contributed by atoms with Crippen molar-refractivity contribution in [3.8, 4) is 0 Å². The van der Waals surface area contributed by atoms with Crippen LogP contribution in [0.1, 0.15) is 142 Å². The minimum atomic E-state index is -1.48. The molecule has 4 aliphatic rings. The summed E-state index contributed by atoms with van der Waals surface area (Å²) in [6.45, 7) is 16.5. The van der Waals surface area contributed by atoms with Gasteiger partial charge in [0.15, 0.2) is 25.2 Å². The predicted molar refractivity (Wildman–Crippen MR) is 316 cm³/mol. The van der Waals surface area contributed by atoms with Crippen LogP contribution in [-0.2, 0) is 84.3 Å². The Balaban J connectivity index is 1.21. The number of fused-ring (bicyclic) bond motifs is 2. The molecule has 0 aliphatic carbocycles. The van der Waals surface area contributed by atoms with Crippen molar-refractivity contribution in [2.45, 2.75) is 230 Å². The predicted octanol–water partition coefficient (Wildman–Crippen LogP) is 11.7. The summed E-state index contributed by atoms with van der Waals surface area (Å²) in [5, 5.41) is 14.6. The molecule has 0 bridgehead atoms. The van der Waals surface area contributed by atoms with Crippen molar-refractivity contribution < 1.29 is 76.2 Å². The molecule has 83 heavy (non-hydrogen) atoms. The van der Waals surface area contributed by atoms with Crippen molar-refractivity contribution in [1.82, 2.24) is 0 Å². The van der Waals surface area contributed by atoms with Crippen LogP contribution in [0, 0.1) is 0 Å². The standard InChI is InChI=1S/C67H98O16/c1-7-13-35-69-44-52-55(71-37-15-9-3)58(73-39-17-11-5)61(64(68)78-52)82-67-63(59(74-40-18-12-6)56(72-38-16-10-4)53(79-67)45-70-36-14-8-2)83-66-62(76-42-47-27-21-19-22-28-47)60(75-43-48-33-34-49-29-25-26-32-51(49)41-48)57-54(80-66)46-77-65(81-57)50-30-23-20-24-31-50/h19-34,41,52-68H,7-18,35-40,42-46H2,1-6H3/t52?,53?,54?,55-,56-,57-,58+,59+,60+,61?,62?,63?,64?,65?,66+,67-/m1/s1. The molecule has 0 amide bonds. The fourth-order valence-corrected chi connectivity index (χ4v) is 11.0. The molecule has 16 heteroatoms. The van der Waals surface area contributed by atoms with E-state index in [-0.39, 0.29) is 33.0 Å². The SMILES string of the molecule is CCCCOCC1OC(O)C(O[C@H]2OC(COCCCC)[C@@H](OCCCC)[C@H](OCCCC)C2O[C@@H]2OC3COC(c4ccccc4)O[C@H]3[C@H](OCc3ccc4ccccc4c3)C2OCc2ccccc2)[C@@H](OCCCC)[C@@H]1OCCCC. The fraction of sp³-hybridized carbons (Fsp3) is 0.672. The molecule has 0 aromatic heterocycles. The van der Waals surface area contributed by atoms with Crippen LogP contribution in [0.25, 0.3) is 10.8 Å². The highest BCUT2D eigenvalue weighted by Crippen LogP contribution is 2.41. The van der Waals surface area contributed by atoms with E-state index in [4.69, 9.17) is 71.1 Å². The molecule has 0 saturated carbocycles. The highest BCUT2D eigenvalue weighted by molar-refractivity contribution is 5.82.